The van der Waals surface area contributed by atoms with Crippen LogP contribution in [0.15, 0.2) is 30.3 Å². The average molecular weight is 376 g/mol. The van der Waals surface area contributed by atoms with Crippen molar-refractivity contribution >= 4 is 23.9 Å². The Kier molecular flexibility index (Phi) is 10.3. The summed E-state index contributed by atoms with van der Waals surface area (Å²) in [6.45, 7) is 6.82. The molecule has 0 radical (unpaired) electrons. The fourth-order valence-electron chi connectivity index (χ4n) is 2.27. The monoisotopic (exact) mass is 376 g/mol. The van der Waals surface area contributed by atoms with Crippen molar-refractivity contribution in [2.45, 2.75) is 27.2 Å². The number of rotatable bonds is 11. The van der Waals surface area contributed by atoms with E-state index in [1.165, 1.54) is 17.9 Å². The fourth-order valence-corrected chi connectivity index (χ4v) is 2.27. The molecule has 1 rings (SSSR count). The van der Waals surface area contributed by atoms with Gasteiger partial charge < -0.3 is 19.7 Å². The Morgan fingerprint density at radius 2 is 1.78 bits per heavy atom. The second kappa shape index (κ2) is 12.5. The number of carbonyl (C=O) groups excluding carboxylic acids is 3. The number of carbonyl (C=O) groups is 3. The molecule has 0 heterocycles. The molecule has 0 bridgehead atoms. The molecule has 0 unspecified atom stereocenters. The van der Waals surface area contributed by atoms with Gasteiger partial charge in [0.15, 0.2) is 0 Å². The van der Waals surface area contributed by atoms with Crippen LogP contribution in [0.2, 0.25) is 0 Å². The standard InChI is InChI=1S/C20H28N2O5/c1-4-26-18-9-6-17(7-10-18)8-11-19(24)22(15-13-21-16(3)23)14-12-20(25)27-5-2/h6-11H,4-5,12-15H2,1-3H3,(H,21,23)/b11-8+. The van der Waals surface area contributed by atoms with Crippen LogP contribution in [0.5, 0.6) is 5.75 Å². The lowest BCUT2D eigenvalue weighted by molar-refractivity contribution is -0.143. The predicted octanol–water partition coefficient (Wildman–Crippen LogP) is 2.02. The van der Waals surface area contributed by atoms with Crippen LogP contribution in [-0.2, 0) is 19.1 Å². The van der Waals surface area contributed by atoms with Crippen LogP contribution >= 0.6 is 0 Å². The van der Waals surface area contributed by atoms with Gasteiger partial charge in [-0.25, -0.2) is 0 Å². The summed E-state index contributed by atoms with van der Waals surface area (Å²) < 4.78 is 10.3. The first-order chi connectivity index (χ1) is 13.0. The van der Waals surface area contributed by atoms with Gasteiger partial charge in [0.05, 0.1) is 19.6 Å². The molecule has 1 aromatic carbocycles. The van der Waals surface area contributed by atoms with E-state index in [0.717, 1.165) is 11.3 Å². The highest BCUT2D eigenvalue weighted by molar-refractivity contribution is 5.92. The normalized spacial score (nSPS) is 10.5. The van der Waals surface area contributed by atoms with Gasteiger partial charge >= 0.3 is 5.97 Å². The topological polar surface area (TPSA) is 84.9 Å². The molecular weight excluding hydrogens is 348 g/mol. The number of nitrogens with zero attached hydrogens (tertiary/aromatic N) is 1. The maximum Gasteiger partial charge on any atom is 0.307 e. The van der Waals surface area contributed by atoms with Crippen molar-refractivity contribution in [3.8, 4) is 5.75 Å². The third-order valence-electron chi connectivity index (χ3n) is 3.57. The molecule has 27 heavy (non-hydrogen) atoms. The van der Waals surface area contributed by atoms with Gasteiger partial charge in [0.25, 0.3) is 0 Å². The van der Waals surface area contributed by atoms with E-state index in [1.54, 1.807) is 13.0 Å². The molecule has 0 aliphatic rings. The van der Waals surface area contributed by atoms with Gasteiger partial charge in [-0.2, -0.15) is 0 Å². The largest absolute Gasteiger partial charge is 0.494 e. The van der Waals surface area contributed by atoms with Gasteiger partial charge in [0.1, 0.15) is 5.75 Å². The molecule has 0 atom stereocenters. The van der Waals surface area contributed by atoms with Crippen LogP contribution in [0.25, 0.3) is 6.08 Å². The summed E-state index contributed by atoms with van der Waals surface area (Å²) in [7, 11) is 0. The number of hydrogen-bond acceptors (Lipinski definition) is 5. The van der Waals surface area contributed by atoms with Crippen molar-refractivity contribution < 1.29 is 23.9 Å². The molecule has 0 aliphatic heterocycles. The Morgan fingerprint density at radius 1 is 1.07 bits per heavy atom. The lowest BCUT2D eigenvalue weighted by Crippen LogP contribution is -2.38. The van der Waals surface area contributed by atoms with Crippen LogP contribution in [0.4, 0.5) is 0 Å². The quantitative estimate of drug-likeness (QED) is 0.472. The molecule has 0 spiro atoms. The maximum absolute atomic E-state index is 12.5. The molecule has 0 aromatic heterocycles. The van der Waals surface area contributed by atoms with E-state index < -0.39 is 0 Å². The van der Waals surface area contributed by atoms with Crippen LogP contribution in [0.1, 0.15) is 32.8 Å². The van der Waals surface area contributed by atoms with Crippen LogP contribution in [-0.4, -0.2) is 55.5 Å². The molecule has 0 aliphatic carbocycles. The maximum atomic E-state index is 12.5. The summed E-state index contributed by atoms with van der Waals surface area (Å²) in [5.41, 5.74) is 0.860. The van der Waals surface area contributed by atoms with E-state index in [4.69, 9.17) is 9.47 Å². The van der Waals surface area contributed by atoms with Crippen molar-refractivity contribution in [1.82, 2.24) is 10.2 Å². The lowest BCUT2D eigenvalue weighted by Gasteiger charge is -2.21. The first-order valence-electron chi connectivity index (χ1n) is 9.06. The molecule has 148 valence electrons. The number of amides is 2. The van der Waals surface area contributed by atoms with E-state index in [1.807, 2.05) is 31.2 Å². The van der Waals surface area contributed by atoms with Crippen LogP contribution in [0.3, 0.4) is 0 Å². The molecule has 7 heteroatoms. The zero-order valence-corrected chi connectivity index (χ0v) is 16.2. The Balaban J connectivity index is 2.68. The summed E-state index contributed by atoms with van der Waals surface area (Å²) in [5, 5.41) is 2.65. The number of esters is 1. The fraction of sp³-hybridized carbons (Fsp3) is 0.450. The first kappa shape index (κ1) is 22.2. The second-order valence-corrected chi connectivity index (χ2v) is 5.70. The van der Waals surface area contributed by atoms with Gasteiger partial charge in [-0.05, 0) is 37.6 Å². The molecule has 0 saturated heterocycles. The lowest BCUT2D eigenvalue weighted by atomic mass is 10.2. The van der Waals surface area contributed by atoms with E-state index in [9.17, 15) is 14.4 Å². The highest BCUT2D eigenvalue weighted by atomic mass is 16.5. The minimum Gasteiger partial charge on any atom is -0.494 e. The SMILES string of the molecule is CCOC(=O)CCN(CCNC(C)=O)C(=O)/C=C/c1ccc(OCC)cc1. The Bertz CT molecular complexity index is 640. The van der Waals surface area contributed by atoms with Gasteiger partial charge in [0.2, 0.25) is 11.8 Å². The van der Waals surface area contributed by atoms with Crippen molar-refractivity contribution in [2.24, 2.45) is 0 Å². The zero-order valence-electron chi connectivity index (χ0n) is 16.2. The highest BCUT2D eigenvalue weighted by Crippen LogP contribution is 2.13. The third-order valence-corrected chi connectivity index (χ3v) is 3.57. The molecule has 0 fully saturated rings. The Labute approximate surface area is 160 Å². The summed E-state index contributed by atoms with van der Waals surface area (Å²) in [4.78, 5) is 36.6. The van der Waals surface area contributed by atoms with Gasteiger partial charge in [-0.1, -0.05) is 12.1 Å². The summed E-state index contributed by atoms with van der Waals surface area (Å²) in [6.07, 6.45) is 3.26. The van der Waals surface area contributed by atoms with Crippen LogP contribution in [0, 0.1) is 0 Å². The number of ether oxygens (including phenoxy) is 2. The van der Waals surface area contributed by atoms with Gasteiger partial charge in [0, 0.05) is 32.6 Å². The van der Waals surface area contributed by atoms with Crippen molar-refractivity contribution in [2.75, 3.05) is 32.8 Å². The minimum atomic E-state index is -0.356. The highest BCUT2D eigenvalue weighted by Gasteiger charge is 2.13. The first-order valence-corrected chi connectivity index (χ1v) is 9.06. The van der Waals surface area contributed by atoms with Gasteiger partial charge in [-0.15, -0.1) is 0 Å². The average Bonchev–Trinajstić information content (AvgIpc) is 2.64. The second-order valence-electron chi connectivity index (χ2n) is 5.70. The number of benzene rings is 1. The predicted molar refractivity (Wildman–Crippen MR) is 103 cm³/mol. The van der Waals surface area contributed by atoms with Crippen molar-refractivity contribution in [1.29, 1.82) is 0 Å². The van der Waals surface area contributed by atoms with E-state index in [0.29, 0.717) is 26.3 Å². The Morgan fingerprint density at radius 3 is 2.37 bits per heavy atom. The third kappa shape index (κ3) is 9.44. The van der Waals surface area contributed by atoms with Crippen molar-refractivity contribution in [3.05, 3.63) is 35.9 Å². The summed E-state index contributed by atoms with van der Waals surface area (Å²) >= 11 is 0. The molecule has 7 nitrogen and oxygen atoms in total. The smallest absolute Gasteiger partial charge is 0.307 e. The van der Waals surface area contributed by atoms with Crippen LogP contribution < -0.4 is 10.1 Å². The summed E-state index contributed by atoms with van der Waals surface area (Å²) in [5.74, 6) is 0.00826. The van der Waals surface area contributed by atoms with Crippen molar-refractivity contribution in [3.63, 3.8) is 0 Å². The van der Waals surface area contributed by atoms with E-state index >= 15 is 0 Å². The zero-order chi connectivity index (χ0) is 20.1. The van der Waals surface area contributed by atoms with Gasteiger partial charge in [-0.3, -0.25) is 14.4 Å². The summed E-state index contributed by atoms with van der Waals surface area (Å²) in [6, 6.07) is 7.38. The molecule has 2 amide bonds. The molecule has 1 aromatic rings. The number of nitrogens with one attached hydrogen (secondary N) is 1. The molecule has 1 N–H and O–H groups in total. The van der Waals surface area contributed by atoms with E-state index in [-0.39, 0.29) is 30.7 Å². The molecule has 0 saturated carbocycles. The minimum absolute atomic E-state index is 0.108. The van der Waals surface area contributed by atoms with E-state index in [2.05, 4.69) is 5.32 Å². The number of hydrogen-bond donors (Lipinski definition) is 1. The Hall–Kier alpha value is -2.83. The molecular formula is C20H28N2O5.